The molecule has 17 rings (SSSR count). The Hall–Kier alpha value is -9.77. The first kappa shape index (κ1) is 84.7. The van der Waals surface area contributed by atoms with Crippen LogP contribution in [-0.4, -0.2) is 66.0 Å². The van der Waals surface area contributed by atoms with Gasteiger partial charge in [-0.25, -0.2) is 39.9 Å². The van der Waals surface area contributed by atoms with Gasteiger partial charge in [-0.3, -0.25) is 4.98 Å². The zero-order chi connectivity index (χ0) is 75.3. The molecule has 5 aromatic heterocycles. The topological polar surface area (TPSA) is 142 Å². The molecule has 17 nitrogen and oxygen atoms in total. The third kappa shape index (κ3) is 17.7. The van der Waals surface area contributed by atoms with Crippen LogP contribution in [0.3, 0.4) is 0 Å². The summed E-state index contributed by atoms with van der Waals surface area (Å²) in [6.07, 6.45) is 11.3. The zero-order valence-electron chi connectivity index (χ0n) is 64.9. The van der Waals surface area contributed by atoms with E-state index in [2.05, 4.69) is 207 Å². The number of benzene rings is 8. The van der Waals surface area contributed by atoms with Crippen molar-refractivity contribution in [2.24, 2.45) is 0 Å². The second kappa shape index (κ2) is 37.7. The second-order valence-corrected chi connectivity index (χ2v) is 28.3. The molecule has 0 atom stereocenters. The Morgan fingerprint density at radius 3 is 1.12 bits per heavy atom. The summed E-state index contributed by atoms with van der Waals surface area (Å²) >= 11 is 0. The largest absolute Gasteiger partial charge is 0.491 e. The number of pyridine rings is 1. The van der Waals surface area contributed by atoms with E-state index in [9.17, 15) is 0 Å². The molecular formula is C91H87Ir4N17-8. The maximum atomic E-state index is 4.99. The van der Waals surface area contributed by atoms with E-state index in [1.54, 1.807) is 6.33 Å². The van der Waals surface area contributed by atoms with E-state index in [4.69, 9.17) is 29.9 Å². The minimum Gasteiger partial charge on any atom is -0.491 e. The molecule has 0 unspecified atom stereocenters. The van der Waals surface area contributed by atoms with E-state index in [1.807, 2.05) is 214 Å². The van der Waals surface area contributed by atoms with Crippen LogP contribution in [0.15, 0.2) is 225 Å². The first-order valence-corrected chi connectivity index (χ1v) is 36.6. The number of hydrogen-bond acceptors (Lipinski definition) is 17. The maximum Gasteiger partial charge on any atom is 0.162 e. The fourth-order valence-electron chi connectivity index (χ4n) is 13.9. The summed E-state index contributed by atoms with van der Waals surface area (Å²) in [7, 11) is 6.03. The Bertz CT molecular complexity index is 5060. The van der Waals surface area contributed by atoms with E-state index in [1.165, 1.54) is 44.5 Å². The third-order valence-corrected chi connectivity index (χ3v) is 19.4. The van der Waals surface area contributed by atoms with E-state index in [-0.39, 0.29) is 80.4 Å². The average Bonchev–Trinajstić information content (AvgIpc) is 1.59. The summed E-state index contributed by atoms with van der Waals surface area (Å²) < 4.78 is 0. The van der Waals surface area contributed by atoms with Crippen molar-refractivity contribution in [1.29, 1.82) is 0 Å². The molecule has 21 heteroatoms. The van der Waals surface area contributed by atoms with Crippen molar-refractivity contribution in [3.05, 3.63) is 315 Å². The van der Waals surface area contributed by atoms with Gasteiger partial charge < -0.3 is 39.2 Å². The van der Waals surface area contributed by atoms with Crippen molar-refractivity contribution in [3.8, 4) is 45.4 Å². The zero-order valence-corrected chi connectivity index (χ0v) is 74.5. The van der Waals surface area contributed by atoms with Gasteiger partial charge in [0.05, 0.1) is 47.0 Å². The monoisotopic (exact) mass is 2190 g/mol. The summed E-state index contributed by atoms with van der Waals surface area (Å²) in [6.45, 7) is 32.1. The van der Waals surface area contributed by atoms with Crippen LogP contribution in [0.5, 0.6) is 0 Å². The van der Waals surface area contributed by atoms with Crippen molar-refractivity contribution in [2.45, 2.75) is 99.8 Å². The summed E-state index contributed by atoms with van der Waals surface area (Å²) in [4.78, 5) is 59.3. The number of aryl methyl sites for hydroxylation is 3. The van der Waals surface area contributed by atoms with Crippen LogP contribution in [0.1, 0.15) is 118 Å². The van der Waals surface area contributed by atoms with Crippen LogP contribution in [0.4, 0.5) is 74.5 Å². The summed E-state index contributed by atoms with van der Waals surface area (Å²) in [6, 6.07) is 76.2. The van der Waals surface area contributed by atoms with Gasteiger partial charge in [-0.05, 0) is 117 Å². The van der Waals surface area contributed by atoms with Crippen LogP contribution in [0.2, 0.25) is 0 Å². The Morgan fingerprint density at radius 1 is 0.321 bits per heavy atom. The predicted octanol–water partition coefficient (Wildman–Crippen LogP) is 21.1. The Labute approximate surface area is 714 Å². The molecule has 0 aliphatic carbocycles. The molecule has 0 bridgehead atoms. The van der Waals surface area contributed by atoms with Crippen molar-refractivity contribution < 1.29 is 80.4 Å². The number of hydrogen-bond donors (Lipinski definition) is 0. The van der Waals surface area contributed by atoms with Gasteiger partial charge in [0.25, 0.3) is 0 Å². The molecule has 580 valence electrons. The molecule has 0 saturated carbocycles. The van der Waals surface area contributed by atoms with Gasteiger partial charge in [-0.15, -0.1) is 29.4 Å². The Morgan fingerprint density at radius 2 is 0.696 bits per heavy atom. The Kier molecular flexibility index (Phi) is 28.5. The molecule has 0 N–H and O–H groups in total. The normalized spacial score (nSPS) is 12.8. The molecule has 0 amide bonds. The molecule has 112 heavy (non-hydrogen) atoms. The number of rotatable bonds is 13. The van der Waals surface area contributed by atoms with Gasteiger partial charge in [-0.2, -0.15) is 141 Å². The molecule has 13 aromatic rings. The molecular weight excluding hydrogens is 2100 g/mol. The van der Waals surface area contributed by atoms with Gasteiger partial charge in [0.2, 0.25) is 0 Å². The van der Waals surface area contributed by atoms with Gasteiger partial charge in [0.1, 0.15) is 29.6 Å². The quantitative estimate of drug-likeness (QED) is 0.101. The molecule has 8 aromatic carbocycles. The number of aromatic nitrogens is 9. The van der Waals surface area contributed by atoms with Crippen molar-refractivity contribution in [1.82, 2.24) is 44.9 Å². The second-order valence-electron chi connectivity index (χ2n) is 28.3. The van der Waals surface area contributed by atoms with Crippen LogP contribution >= 0.6 is 0 Å². The number of para-hydroxylation sites is 5. The SMILES string of the molecule is CC(C)c1cccc(C(C)C)c1-c1ncc2c(n1)N(C)[CH-]N2c1[c-]cccc1.CC(C)c1cncc(C(C)C)c1-c1ncc2c(n1)N(C)[CH-]N2c1[c-]cccc1.Cc1cccc(C)c1-c1ncnc2c1N(c1ccccc1)[CH-]N2c1[c-]cccc1.Cc1ccccc1-c1ncc2c(n1)N(C)[CH-]N2c1[c-]cccc1.[Ir].[Ir].[Ir].[Ir]. The first-order valence-electron chi connectivity index (χ1n) is 36.6. The van der Waals surface area contributed by atoms with E-state index in [0.29, 0.717) is 23.7 Å². The fourth-order valence-corrected chi connectivity index (χ4v) is 13.9. The summed E-state index contributed by atoms with van der Waals surface area (Å²) in [5.74, 6) is 7.36. The third-order valence-electron chi connectivity index (χ3n) is 19.4. The van der Waals surface area contributed by atoms with E-state index >= 15 is 0 Å². The van der Waals surface area contributed by atoms with Crippen LogP contribution in [0, 0.1) is 71.7 Å². The van der Waals surface area contributed by atoms with Crippen LogP contribution < -0.4 is 39.2 Å². The van der Waals surface area contributed by atoms with Crippen LogP contribution in [-0.2, 0) is 80.4 Å². The van der Waals surface area contributed by atoms with Crippen molar-refractivity contribution >= 4 is 74.5 Å². The van der Waals surface area contributed by atoms with Gasteiger partial charge in [0.15, 0.2) is 17.5 Å². The standard InChI is InChI=1S/C25H20N4.C24H26N4.C23H25N5.C19H16N4.4Ir/c1-18-10-9-11-19(2)22(18)23-24-25(27-16-26-23)29(21-14-7-4-8-15-21)17-28(24)20-12-5-3-6-13-20;1-16(2)19-12-9-13-20(17(3)4)22(19)23-25-14-21-24(26-23)27(5)15-28(21)18-10-7-6-8-11-18;1-15(2)18-11-24-12-19(16(3)4)21(18)22-25-13-20-23(26-22)27(5)14-28(20)17-9-7-6-8-10-17;1-14-8-6-7-11-16(14)18-20-12-17-19(21-18)22(2)13-23(17)15-9-4-3-5-10-15;;;;/h3-14,16-17H,1-2H3;6-10,12-17H,1-5H3;6-9,11-16H,1-5H3;3-9,11-13H,1-2H3;;;;/q4*-2;;;;. The predicted molar refractivity (Wildman–Crippen MR) is 439 cm³/mol. The molecule has 0 fully saturated rings. The molecule has 0 saturated heterocycles. The van der Waals surface area contributed by atoms with E-state index in [0.717, 1.165) is 114 Å². The van der Waals surface area contributed by atoms with Gasteiger partial charge in [0, 0.05) is 121 Å². The smallest absolute Gasteiger partial charge is 0.162 e. The van der Waals surface area contributed by atoms with E-state index < -0.39 is 0 Å². The first-order chi connectivity index (χ1) is 52.4. The summed E-state index contributed by atoms with van der Waals surface area (Å²) in [5.41, 5.74) is 22.8. The number of anilines is 13. The maximum absolute atomic E-state index is 4.99. The minimum absolute atomic E-state index is 0. The van der Waals surface area contributed by atoms with Crippen molar-refractivity contribution in [2.75, 3.05) is 60.3 Å². The molecule has 0 spiro atoms. The van der Waals surface area contributed by atoms with Gasteiger partial charge >= 0.3 is 0 Å². The number of nitrogens with zero attached hydrogens (tertiary/aromatic N) is 17. The Balaban J connectivity index is 0.000000157. The molecule has 4 aliphatic rings. The fraction of sp³-hybridized carbons (Fsp3) is 0.198. The summed E-state index contributed by atoms with van der Waals surface area (Å²) in [5, 5.41) is 0. The van der Waals surface area contributed by atoms with Gasteiger partial charge in [-0.1, -0.05) is 134 Å². The molecule has 9 heterocycles. The molecule has 4 radical (unpaired) electrons. The minimum atomic E-state index is 0. The van der Waals surface area contributed by atoms with Crippen molar-refractivity contribution in [3.63, 3.8) is 0 Å². The number of fused-ring (bicyclic) bond motifs is 4. The van der Waals surface area contributed by atoms with Crippen LogP contribution in [0.25, 0.3) is 45.4 Å². The molecule has 4 aliphatic heterocycles. The average molecular weight is 2190 g/mol.